The maximum atomic E-state index is 10.7. The number of allylic oxidation sites excluding steroid dienone is 1. The van der Waals surface area contributed by atoms with Gasteiger partial charge in [-0.1, -0.05) is 25.1 Å². The van der Waals surface area contributed by atoms with Gasteiger partial charge >= 0.3 is 0 Å². The number of rotatable bonds is 2. The van der Waals surface area contributed by atoms with Crippen LogP contribution in [0.4, 0.5) is 10.5 Å². The fourth-order valence-corrected chi connectivity index (χ4v) is 0.697. The Hall–Kier alpha value is -0.996. The molecule has 4 nitrogen and oxygen atoms in total. The predicted octanol–water partition coefficient (Wildman–Crippen LogP) is 2.27. The van der Waals surface area contributed by atoms with Crippen LogP contribution in [0.25, 0.3) is 0 Å². The molecule has 0 aliphatic heterocycles. The van der Waals surface area contributed by atoms with E-state index in [4.69, 9.17) is 0 Å². The van der Waals surface area contributed by atoms with Crippen LogP contribution < -0.4 is 10.6 Å². The number of hydrogen-bond acceptors (Lipinski definition) is 2. The monoisotopic (exact) mass is 307 g/mol. The quantitative estimate of drug-likeness (QED) is 0.650. The normalized spacial score (nSPS) is 7.65. The zero-order valence-corrected chi connectivity index (χ0v) is 12.5. The first-order valence-electron chi connectivity index (χ1n) is 4.53. The van der Waals surface area contributed by atoms with E-state index in [0.717, 1.165) is 5.69 Å². The first-order valence-corrected chi connectivity index (χ1v) is 4.53. The van der Waals surface area contributed by atoms with Gasteiger partial charge in [0.2, 0.25) is 0 Å². The van der Waals surface area contributed by atoms with Crippen molar-refractivity contribution in [3.8, 4) is 0 Å². The van der Waals surface area contributed by atoms with Gasteiger partial charge in [-0.25, -0.2) is 6.58 Å². The smallest absolute Gasteiger partial charge is 0.289 e. The molecule has 1 aromatic carbocycles. The number of nitrogens with one attached hydrogen (secondary N) is 2. The van der Waals surface area contributed by atoms with Crippen LogP contribution in [0.5, 0.6) is 0 Å². The Morgan fingerprint density at radius 2 is 1.82 bits per heavy atom. The summed E-state index contributed by atoms with van der Waals surface area (Å²) in [6.45, 7) is 4.85. The molecule has 0 saturated carbocycles. The minimum absolute atomic E-state index is 0. The van der Waals surface area contributed by atoms with E-state index in [-0.39, 0.29) is 38.7 Å². The molecule has 17 heavy (non-hydrogen) atoms. The fraction of sp³-hybridized carbons (Fsp3) is 0.0833. The van der Waals surface area contributed by atoms with Gasteiger partial charge in [0.15, 0.2) is 0 Å². The van der Waals surface area contributed by atoms with Crippen molar-refractivity contribution in [2.45, 2.75) is 6.92 Å². The summed E-state index contributed by atoms with van der Waals surface area (Å²) in [5.74, 6) is 0. The molecule has 2 N–H and O–H groups in total. The van der Waals surface area contributed by atoms with Crippen molar-refractivity contribution in [3.63, 3.8) is 0 Å². The van der Waals surface area contributed by atoms with Gasteiger partial charge in [0.1, 0.15) is 0 Å². The zero-order chi connectivity index (χ0) is 12.4. The number of carbonyl (C=O) groups excluding carboxylic acids is 2. The third-order valence-electron chi connectivity index (χ3n) is 1.37. The topological polar surface area (TPSA) is 58.2 Å². The average Bonchev–Trinajstić information content (AvgIpc) is 2.31. The van der Waals surface area contributed by atoms with Gasteiger partial charge in [0.05, 0.1) is 0 Å². The Morgan fingerprint density at radius 3 is 2.18 bits per heavy atom. The minimum atomic E-state index is -0.309. The van der Waals surface area contributed by atoms with E-state index in [2.05, 4.69) is 24.3 Å². The largest absolute Gasteiger partial charge is 0.490 e. The zero-order valence-electron chi connectivity index (χ0n) is 9.69. The van der Waals surface area contributed by atoms with E-state index in [1.807, 2.05) is 18.2 Å². The summed E-state index contributed by atoms with van der Waals surface area (Å²) in [5, 5.41) is 4.79. The van der Waals surface area contributed by atoms with Crippen molar-refractivity contribution in [3.05, 3.63) is 49.5 Å². The molecule has 0 saturated heterocycles. The number of hydrogen-bond donors (Lipinski definition) is 2. The summed E-state index contributed by atoms with van der Waals surface area (Å²) in [7, 11) is 3.22. The summed E-state index contributed by atoms with van der Waals surface area (Å²) >= 11 is 0. The molecule has 1 aromatic rings. The van der Waals surface area contributed by atoms with Gasteiger partial charge in [0, 0.05) is 38.4 Å². The molecule has 0 spiro atoms. The van der Waals surface area contributed by atoms with Crippen molar-refractivity contribution in [1.29, 1.82) is 0 Å². The fourth-order valence-electron chi connectivity index (χ4n) is 0.697. The number of anilines is 1. The summed E-state index contributed by atoms with van der Waals surface area (Å²) in [6.07, 6.45) is 1.58. The van der Waals surface area contributed by atoms with Crippen LogP contribution >= 0.6 is 0 Å². The summed E-state index contributed by atoms with van der Waals surface area (Å²) in [5.41, 5.74) is 1.21. The molecule has 0 unspecified atom stereocenters. The van der Waals surface area contributed by atoms with Crippen molar-refractivity contribution >= 4 is 18.0 Å². The van der Waals surface area contributed by atoms with Crippen LogP contribution in [0.15, 0.2) is 42.5 Å². The summed E-state index contributed by atoms with van der Waals surface area (Å²) < 4.78 is 0. The SMILES string of the molecule is C=C(C)[C-]=O.[CH2-]NC(=O)Nc1ccccc1.[Y]. The van der Waals surface area contributed by atoms with E-state index >= 15 is 0 Å². The van der Waals surface area contributed by atoms with Crippen molar-refractivity contribution in [2.24, 2.45) is 0 Å². The standard InChI is InChI=1S/C8H9N2O.C4H5O.Y/c1-9-8(11)10-7-5-3-2-4-6-7;1-4(2)3-5;/h2-6H,1H2,(H2,9,10,11);1H2,2H3;/q2*-1;. The Bertz CT molecular complexity index is 353. The molecule has 0 aromatic heterocycles. The van der Waals surface area contributed by atoms with Crippen molar-refractivity contribution < 1.29 is 42.3 Å². The number of carbonyl (C=O) groups is 1. The Morgan fingerprint density at radius 1 is 1.35 bits per heavy atom. The molecular weight excluding hydrogens is 293 g/mol. The second-order valence-corrected chi connectivity index (χ2v) is 2.88. The van der Waals surface area contributed by atoms with Gasteiger partial charge in [-0.05, 0) is 18.4 Å². The Balaban J connectivity index is 0. The van der Waals surface area contributed by atoms with Crippen LogP contribution in [0.1, 0.15) is 6.92 Å². The maximum absolute atomic E-state index is 10.7. The molecule has 0 fully saturated rings. The van der Waals surface area contributed by atoms with Gasteiger partial charge in [-0.2, -0.15) is 5.57 Å². The van der Waals surface area contributed by atoms with E-state index in [1.165, 1.54) is 0 Å². The van der Waals surface area contributed by atoms with Gasteiger partial charge in [-0.15, -0.1) is 0 Å². The van der Waals surface area contributed by atoms with Crippen molar-refractivity contribution in [1.82, 2.24) is 5.32 Å². The van der Waals surface area contributed by atoms with Crippen molar-refractivity contribution in [2.75, 3.05) is 5.32 Å². The first kappa shape index (κ1) is 18.4. The Kier molecular flexibility index (Phi) is 12.4. The average molecular weight is 307 g/mol. The molecule has 5 heteroatoms. The molecule has 2 amide bonds. The van der Waals surface area contributed by atoms with Crippen LogP contribution in [-0.4, -0.2) is 12.3 Å². The minimum Gasteiger partial charge on any atom is -0.490 e. The molecule has 0 atom stereocenters. The third kappa shape index (κ3) is 11.3. The van der Waals surface area contributed by atoms with E-state index in [1.54, 1.807) is 25.3 Å². The molecule has 1 radical (unpaired) electrons. The molecule has 89 valence electrons. The molecule has 0 aliphatic rings. The number of para-hydroxylation sites is 1. The van der Waals surface area contributed by atoms with Gasteiger partial charge in [-0.3, -0.25) is 11.8 Å². The summed E-state index contributed by atoms with van der Waals surface area (Å²) in [4.78, 5) is 20.0. The number of amides is 2. The second-order valence-electron chi connectivity index (χ2n) is 2.88. The molecule has 0 aliphatic carbocycles. The Labute approximate surface area is 127 Å². The first-order chi connectivity index (χ1) is 7.60. The molecular formula is C12H14N2O2Y-2. The second kappa shape index (κ2) is 11.5. The van der Waals surface area contributed by atoms with Crippen LogP contribution in [0.2, 0.25) is 0 Å². The van der Waals surface area contributed by atoms with E-state index in [0.29, 0.717) is 5.57 Å². The molecule has 0 bridgehead atoms. The third-order valence-corrected chi connectivity index (χ3v) is 1.37. The van der Waals surface area contributed by atoms with E-state index < -0.39 is 0 Å². The number of urea groups is 1. The maximum Gasteiger partial charge on any atom is 0.289 e. The van der Waals surface area contributed by atoms with E-state index in [9.17, 15) is 9.59 Å². The summed E-state index contributed by atoms with van der Waals surface area (Å²) in [6, 6.07) is 8.87. The predicted molar refractivity (Wildman–Crippen MR) is 64.5 cm³/mol. The molecule has 1 rings (SSSR count). The van der Waals surface area contributed by atoms with Crippen LogP contribution in [0.3, 0.4) is 0 Å². The van der Waals surface area contributed by atoms with Crippen LogP contribution in [-0.2, 0) is 37.5 Å². The van der Waals surface area contributed by atoms with Gasteiger partial charge in [0.25, 0.3) is 6.03 Å². The molecule has 0 heterocycles. The van der Waals surface area contributed by atoms with Crippen LogP contribution in [0, 0.1) is 7.05 Å². The number of benzene rings is 1. The van der Waals surface area contributed by atoms with Gasteiger partial charge < -0.3 is 15.4 Å².